The third-order valence-corrected chi connectivity index (χ3v) is 4.32. The van der Waals surface area contributed by atoms with Crippen molar-refractivity contribution in [3.63, 3.8) is 0 Å². The average Bonchev–Trinajstić information content (AvgIpc) is 2.54. The Balaban J connectivity index is 2.24. The molecule has 1 radical (unpaired) electrons. The molecule has 107 valence electrons. The molecule has 0 saturated heterocycles. The summed E-state index contributed by atoms with van der Waals surface area (Å²) in [5.41, 5.74) is 2.51. The molecule has 0 heterocycles. The first-order valence-electron chi connectivity index (χ1n) is 7.18. The third kappa shape index (κ3) is 4.42. The van der Waals surface area contributed by atoms with Crippen molar-refractivity contribution in [2.75, 3.05) is 0 Å². The minimum atomic E-state index is 0.151. The van der Waals surface area contributed by atoms with Crippen molar-refractivity contribution in [3.8, 4) is 0 Å². The molecule has 1 nitrogen and oxygen atoms in total. The van der Waals surface area contributed by atoms with Crippen molar-refractivity contribution in [1.82, 2.24) is 0 Å². The van der Waals surface area contributed by atoms with Gasteiger partial charge in [-0.2, -0.15) is 0 Å². The fourth-order valence-corrected chi connectivity index (χ4v) is 3.14. The zero-order valence-corrected chi connectivity index (χ0v) is 14.0. The number of rotatable bonds is 6. The van der Waals surface area contributed by atoms with Crippen molar-refractivity contribution in [2.45, 2.75) is 25.3 Å². The Morgan fingerprint density at radius 3 is 2.10 bits per heavy atom. The van der Waals surface area contributed by atoms with Crippen LogP contribution in [-0.2, 0) is 0 Å². The van der Waals surface area contributed by atoms with Crippen LogP contribution < -0.4 is 0 Å². The summed E-state index contributed by atoms with van der Waals surface area (Å²) in [6.07, 6.45) is 2.84. The van der Waals surface area contributed by atoms with Crippen LogP contribution in [0.3, 0.4) is 0 Å². The van der Waals surface area contributed by atoms with Gasteiger partial charge in [0.2, 0.25) is 0 Å². The van der Waals surface area contributed by atoms with Gasteiger partial charge < -0.3 is 0 Å². The summed E-state index contributed by atoms with van der Waals surface area (Å²) >= 11 is 3.16. The zero-order chi connectivity index (χ0) is 15.1. The first kappa shape index (κ1) is 15.8. The summed E-state index contributed by atoms with van der Waals surface area (Å²) in [4.78, 5) is 4.86. The van der Waals surface area contributed by atoms with Crippen molar-refractivity contribution < 1.29 is 0 Å². The van der Waals surface area contributed by atoms with Crippen molar-refractivity contribution in [2.24, 2.45) is 4.99 Å². The number of allylic oxidation sites excluding steroid dienone is 1. The van der Waals surface area contributed by atoms with E-state index in [0.29, 0.717) is 0 Å². The fourth-order valence-electron chi connectivity index (χ4n) is 2.32. The number of aliphatic imine (C=N–C) groups is 1. The average molecular weight is 341 g/mol. The number of benzene rings is 2. The van der Waals surface area contributed by atoms with Crippen LogP contribution in [0.25, 0.3) is 0 Å². The van der Waals surface area contributed by atoms with Crippen LogP contribution >= 0.6 is 0 Å². The van der Waals surface area contributed by atoms with Gasteiger partial charge in [0.15, 0.2) is 0 Å². The Morgan fingerprint density at radius 2 is 1.57 bits per heavy atom. The van der Waals surface area contributed by atoms with E-state index in [9.17, 15) is 0 Å². The molecule has 0 aliphatic rings. The van der Waals surface area contributed by atoms with E-state index in [2.05, 4.69) is 78.0 Å². The van der Waals surface area contributed by atoms with Crippen LogP contribution in [0.5, 0.6) is 0 Å². The molecule has 2 heteroatoms. The third-order valence-electron chi connectivity index (χ3n) is 3.51. The van der Waals surface area contributed by atoms with E-state index in [4.69, 9.17) is 4.99 Å². The van der Waals surface area contributed by atoms with Crippen LogP contribution in [0.15, 0.2) is 78.3 Å². The molecule has 2 unspecified atom stereocenters. The van der Waals surface area contributed by atoms with E-state index in [1.165, 1.54) is 11.1 Å². The van der Waals surface area contributed by atoms with Gasteiger partial charge in [-0.25, -0.2) is 0 Å². The van der Waals surface area contributed by atoms with Gasteiger partial charge in [0, 0.05) is 0 Å². The predicted octanol–water partition coefficient (Wildman–Crippen LogP) is 4.67. The number of hydrogen-bond donors (Lipinski definition) is 0. The van der Waals surface area contributed by atoms with Crippen molar-refractivity contribution in [1.29, 1.82) is 0 Å². The van der Waals surface area contributed by atoms with Gasteiger partial charge in [-0.05, 0) is 0 Å². The Kier molecular flexibility index (Phi) is 5.98. The second-order valence-electron chi connectivity index (χ2n) is 5.04. The number of nitrogens with zero attached hydrogens (tertiary/aromatic N) is 1. The Morgan fingerprint density at radius 1 is 1.05 bits per heavy atom. The van der Waals surface area contributed by atoms with E-state index >= 15 is 0 Å². The molecule has 0 amide bonds. The second-order valence-corrected chi connectivity index (χ2v) is 5.92. The van der Waals surface area contributed by atoms with Gasteiger partial charge >= 0.3 is 135 Å². The molecule has 0 N–H and O–H groups in total. The first-order valence-corrected chi connectivity index (χ1v) is 8.03. The van der Waals surface area contributed by atoms with Crippen molar-refractivity contribution >= 4 is 20.6 Å². The molecule has 2 aromatic rings. The van der Waals surface area contributed by atoms with E-state index in [0.717, 1.165) is 11.0 Å². The van der Waals surface area contributed by atoms with Crippen molar-refractivity contribution in [3.05, 3.63) is 84.4 Å². The summed E-state index contributed by atoms with van der Waals surface area (Å²) in [5.74, 6) is 0.259. The van der Waals surface area contributed by atoms with Crippen LogP contribution in [0.2, 0.25) is 0 Å². The summed E-state index contributed by atoms with van der Waals surface area (Å²) in [6, 6.07) is 21.0. The SMILES string of the molecule is C=CCC(C([Se])=NC(C)c1ccccc1)c1ccccc1. The topological polar surface area (TPSA) is 12.4 Å². The maximum atomic E-state index is 4.86. The van der Waals surface area contributed by atoms with Gasteiger partial charge in [-0.3, -0.25) is 0 Å². The molecule has 0 saturated carbocycles. The van der Waals surface area contributed by atoms with E-state index in [1.807, 2.05) is 18.2 Å². The van der Waals surface area contributed by atoms with E-state index in [1.54, 1.807) is 0 Å². The van der Waals surface area contributed by atoms with Gasteiger partial charge in [0.1, 0.15) is 0 Å². The van der Waals surface area contributed by atoms with Crippen LogP contribution in [-0.4, -0.2) is 20.6 Å². The molecule has 2 atom stereocenters. The molecular formula is C19H20NSe. The van der Waals surface area contributed by atoms with Crippen LogP contribution in [0, 0.1) is 0 Å². The van der Waals surface area contributed by atoms with E-state index in [-0.39, 0.29) is 12.0 Å². The number of hydrogen-bond acceptors (Lipinski definition) is 1. The zero-order valence-electron chi connectivity index (χ0n) is 12.3. The van der Waals surface area contributed by atoms with Gasteiger partial charge in [0.05, 0.1) is 0 Å². The Hall–Kier alpha value is -1.63. The molecule has 0 aliphatic carbocycles. The summed E-state index contributed by atoms with van der Waals surface area (Å²) in [6.45, 7) is 6.00. The first-order chi connectivity index (χ1) is 10.2. The summed E-state index contributed by atoms with van der Waals surface area (Å²) in [5, 5.41) is 0. The predicted molar refractivity (Wildman–Crippen MR) is 92.0 cm³/mol. The molecule has 0 aromatic heterocycles. The summed E-state index contributed by atoms with van der Waals surface area (Å²) in [7, 11) is 0. The Labute approximate surface area is 135 Å². The molecule has 0 fully saturated rings. The normalized spacial score (nSPS) is 14.4. The quantitative estimate of drug-likeness (QED) is 0.411. The Bertz CT molecular complexity index is 589. The molecular weight excluding hydrogens is 321 g/mol. The van der Waals surface area contributed by atoms with Gasteiger partial charge in [-0.15, -0.1) is 0 Å². The fraction of sp³-hybridized carbons (Fsp3) is 0.211. The molecule has 2 aromatic carbocycles. The standard InChI is InChI=1S/C19H20NSe/c1-3-10-18(17-13-8-5-9-14-17)19(21)20-15(2)16-11-6-4-7-12-16/h3-9,11-15,18H,1,10H2,2H3. The molecule has 0 bridgehead atoms. The summed E-state index contributed by atoms with van der Waals surface area (Å²) < 4.78 is 1.04. The second kappa shape index (κ2) is 7.97. The molecule has 2 rings (SSSR count). The minimum absolute atomic E-state index is 0.151. The molecule has 0 spiro atoms. The van der Waals surface area contributed by atoms with Crippen LogP contribution in [0.1, 0.15) is 36.4 Å². The van der Waals surface area contributed by atoms with E-state index < -0.39 is 0 Å². The maximum absolute atomic E-state index is 4.86. The van der Waals surface area contributed by atoms with Gasteiger partial charge in [-0.1, -0.05) is 0 Å². The molecule has 0 aliphatic heterocycles. The molecule has 21 heavy (non-hydrogen) atoms. The van der Waals surface area contributed by atoms with Crippen LogP contribution in [0.4, 0.5) is 0 Å². The van der Waals surface area contributed by atoms with Gasteiger partial charge in [0.25, 0.3) is 0 Å². The monoisotopic (exact) mass is 342 g/mol.